The van der Waals surface area contributed by atoms with Crippen LogP contribution in [-0.4, -0.2) is 50.9 Å². The summed E-state index contributed by atoms with van der Waals surface area (Å²) in [6.07, 6.45) is 3.93. The van der Waals surface area contributed by atoms with Crippen molar-refractivity contribution in [2.24, 2.45) is 0 Å². The van der Waals surface area contributed by atoms with Gasteiger partial charge in [0.05, 0.1) is 5.75 Å². The molecule has 0 bridgehead atoms. The van der Waals surface area contributed by atoms with Gasteiger partial charge in [-0.25, -0.2) is 4.98 Å². The van der Waals surface area contributed by atoms with Crippen LogP contribution >= 0.6 is 11.8 Å². The van der Waals surface area contributed by atoms with Gasteiger partial charge < -0.3 is 14.6 Å². The van der Waals surface area contributed by atoms with Gasteiger partial charge in [0.1, 0.15) is 0 Å². The Labute approximate surface area is 125 Å². The van der Waals surface area contributed by atoms with E-state index in [2.05, 4.69) is 35.2 Å². The molecule has 5 nitrogen and oxygen atoms in total. The van der Waals surface area contributed by atoms with Gasteiger partial charge in [-0.05, 0) is 25.9 Å². The lowest BCUT2D eigenvalue weighted by molar-refractivity contribution is -0.133. The summed E-state index contributed by atoms with van der Waals surface area (Å²) in [6, 6.07) is 0. The second-order valence-corrected chi connectivity index (χ2v) is 5.60. The SMILES string of the molecule is CCCN(CC)CCn1c(CC)cnc1SCC(=O)O. The smallest absolute Gasteiger partial charge is 0.313 e. The maximum absolute atomic E-state index is 10.7. The van der Waals surface area contributed by atoms with Crippen molar-refractivity contribution in [1.29, 1.82) is 0 Å². The monoisotopic (exact) mass is 299 g/mol. The van der Waals surface area contributed by atoms with Crippen LogP contribution in [0.2, 0.25) is 0 Å². The number of imidazole rings is 1. The molecule has 0 spiro atoms. The van der Waals surface area contributed by atoms with Crippen LogP contribution in [-0.2, 0) is 17.8 Å². The van der Waals surface area contributed by atoms with E-state index in [1.54, 1.807) is 0 Å². The third-order valence-corrected chi connectivity index (χ3v) is 4.19. The summed E-state index contributed by atoms with van der Waals surface area (Å²) in [5, 5.41) is 9.61. The molecule has 0 aliphatic carbocycles. The van der Waals surface area contributed by atoms with Crippen molar-refractivity contribution >= 4 is 17.7 Å². The first-order chi connectivity index (χ1) is 9.62. The van der Waals surface area contributed by atoms with Crippen molar-refractivity contribution in [3.8, 4) is 0 Å². The minimum Gasteiger partial charge on any atom is -0.481 e. The van der Waals surface area contributed by atoms with E-state index in [1.165, 1.54) is 17.5 Å². The molecule has 0 aliphatic heterocycles. The van der Waals surface area contributed by atoms with Gasteiger partial charge in [0, 0.05) is 25.0 Å². The van der Waals surface area contributed by atoms with Crippen molar-refractivity contribution in [1.82, 2.24) is 14.5 Å². The van der Waals surface area contributed by atoms with E-state index in [9.17, 15) is 4.79 Å². The van der Waals surface area contributed by atoms with Gasteiger partial charge in [-0.2, -0.15) is 0 Å². The number of nitrogens with zero attached hydrogens (tertiary/aromatic N) is 3. The normalized spacial score (nSPS) is 11.2. The lowest BCUT2D eigenvalue weighted by Crippen LogP contribution is -2.28. The summed E-state index contributed by atoms with van der Waals surface area (Å²) in [5.41, 5.74) is 1.17. The van der Waals surface area contributed by atoms with Crippen LogP contribution in [0, 0.1) is 0 Å². The first-order valence-electron chi connectivity index (χ1n) is 7.23. The predicted molar refractivity (Wildman–Crippen MR) is 82.4 cm³/mol. The van der Waals surface area contributed by atoms with Crippen molar-refractivity contribution in [3.05, 3.63) is 11.9 Å². The first-order valence-corrected chi connectivity index (χ1v) is 8.22. The highest BCUT2D eigenvalue weighted by atomic mass is 32.2. The standard InChI is InChI=1S/C14H25N3O2S/c1-4-7-16(6-3)8-9-17-12(5-2)10-15-14(17)20-11-13(18)19/h10H,4-9,11H2,1-3H3,(H,18,19). The van der Waals surface area contributed by atoms with Gasteiger partial charge in [-0.1, -0.05) is 32.5 Å². The molecule has 1 aromatic heterocycles. The van der Waals surface area contributed by atoms with E-state index in [4.69, 9.17) is 5.11 Å². The van der Waals surface area contributed by atoms with E-state index < -0.39 is 5.97 Å². The zero-order valence-corrected chi connectivity index (χ0v) is 13.4. The number of rotatable bonds is 10. The van der Waals surface area contributed by atoms with Crippen LogP contribution in [0.15, 0.2) is 11.4 Å². The van der Waals surface area contributed by atoms with Crippen LogP contribution in [0.5, 0.6) is 0 Å². The van der Waals surface area contributed by atoms with E-state index in [0.29, 0.717) is 0 Å². The first kappa shape index (κ1) is 17.0. The Balaban J connectivity index is 2.69. The summed E-state index contributed by atoms with van der Waals surface area (Å²) < 4.78 is 2.16. The second kappa shape index (κ2) is 9.02. The number of thioether (sulfide) groups is 1. The number of aliphatic carboxylic acids is 1. The fourth-order valence-corrected chi connectivity index (χ4v) is 2.88. The molecule has 0 fully saturated rings. The molecule has 0 aromatic carbocycles. The van der Waals surface area contributed by atoms with Gasteiger partial charge in [-0.15, -0.1) is 0 Å². The fraction of sp³-hybridized carbons (Fsp3) is 0.714. The second-order valence-electron chi connectivity index (χ2n) is 4.65. The molecule has 0 amide bonds. The number of carbonyl (C=O) groups is 1. The molecule has 0 atom stereocenters. The van der Waals surface area contributed by atoms with Gasteiger partial charge in [0.2, 0.25) is 0 Å². The minimum atomic E-state index is -0.802. The number of carboxylic acid groups (broad SMARTS) is 1. The van der Waals surface area contributed by atoms with Gasteiger partial charge in [0.25, 0.3) is 0 Å². The van der Waals surface area contributed by atoms with E-state index in [0.717, 1.165) is 44.2 Å². The van der Waals surface area contributed by atoms with Crippen LogP contribution in [0.25, 0.3) is 0 Å². The zero-order valence-electron chi connectivity index (χ0n) is 12.6. The molecule has 0 unspecified atom stereocenters. The third kappa shape index (κ3) is 5.17. The summed E-state index contributed by atoms with van der Waals surface area (Å²) >= 11 is 1.30. The molecule has 0 aliphatic rings. The Morgan fingerprint density at radius 3 is 2.70 bits per heavy atom. The summed E-state index contributed by atoms with van der Waals surface area (Å²) in [6.45, 7) is 10.5. The quantitative estimate of drug-likeness (QED) is 0.672. The van der Waals surface area contributed by atoms with Crippen molar-refractivity contribution < 1.29 is 9.90 Å². The predicted octanol–water partition coefficient (Wildman–Crippen LogP) is 2.35. The molecule has 6 heteroatoms. The largest absolute Gasteiger partial charge is 0.481 e. The fourth-order valence-electron chi connectivity index (χ4n) is 2.14. The minimum absolute atomic E-state index is 0.0621. The third-order valence-electron chi connectivity index (χ3n) is 3.22. The lowest BCUT2D eigenvalue weighted by atomic mass is 10.3. The number of likely N-dealkylation sites (N-methyl/N-ethyl adjacent to an activating group) is 1. The van der Waals surface area contributed by atoms with Crippen molar-refractivity contribution in [2.75, 3.05) is 25.4 Å². The molecule has 1 N–H and O–H groups in total. The highest BCUT2D eigenvalue weighted by Gasteiger charge is 2.12. The average Bonchev–Trinajstić information content (AvgIpc) is 2.83. The summed E-state index contributed by atoms with van der Waals surface area (Å²) in [7, 11) is 0. The Hall–Kier alpha value is -1.01. The van der Waals surface area contributed by atoms with Crippen molar-refractivity contribution in [3.63, 3.8) is 0 Å². The van der Waals surface area contributed by atoms with Gasteiger partial charge >= 0.3 is 5.97 Å². The Kier molecular flexibility index (Phi) is 7.69. The summed E-state index contributed by atoms with van der Waals surface area (Å²) in [4.78, 5) is 17.5. The molecular formula is C14H25N3O2S. The lowest BCUT2D eigenvalue weighted by Gasteiger charge is -2.21. The van der Waals surface area contributed by atoms with Gasteiger partial charge in [-0.3, -0.25) is 4.79 Å². The Morgan fingerprint density at radius 2 is 2.15 bits per heavy atom. The average molecular weight is 299 g/mol. The Bertz CT molecular complexity index is 421. The topological polar surface area (TPSA) is 58.4 Å². The summed E-state index contributed by atoms with van der Waals surface area (Å²) in [5.74, 6) is -0.740. The molecule has 1 rings (SSSR count). The molecule has 0 saturated carbocycles. The highest BCUT2D eigenvalue weighted by molar-refractivity contribution is 7.99. The molecule has 0 radical (unpaired) electrons. The number of aromatic nitrogens is 2. The maximum Gasteiger partial charge on any atom is 0.313 e. The van der Waals surface area contributed by atoms with Crippen LogP contribution in [0.4, 0.5) is 0 Å². The number of carboxylic acids is 1. The highest BCUT2D eigenvalue weighted by Crippen LogP contribution is 2.19. The Morgan fingerprint density at radius 1 is 1.40 bits per heavy atom. The molecule has 0 saturated heterocycles. The maximum atomic E-state index is 10.7. The van der Waals surface area contributed by atoms with E-state index in [-0.39, 0.29) is 5.75 Å². The van der Waals surface area contributed by atoms with Crippen LogP contribution in [0.3, 0.4) is 0 Å². The van der Waals surface area contributed by atoms with Gasteiger partial charge in [0.15, 0.2) is 5.16 Å². The number of aryl methyl sites for hydroxylation is 1. The van der Waals surface area contributed by atoms with Crippen LogP contribution < -0.4 is 0 Å². The molecule has 20 heavy (non-hydrogen) atoms. The number of hydrogen-bond donors (Lipinski definition) is 1. The van der Waals surface area contributed by atoms with E-state index in [1.807, 2.05) is 6.20 Å². The molecule has 114 valence electrons. The van der Waals surface area contributed by atoms with Crippen LogP contribution in [0.1, 0.15) is 32.9 Å². The number of hydrogen-bond acceptors (Lipinski definition) is 4. The van der Waals surface area contributed by atoms with Crippen molar-refractivity contribution in [2.45, 2.75) is 45.3 Å². The molecular weight excluding hydrogens is 274 g/mol. The molecule has 1 aromatic rings. The molecule has 1 heterocycles. The van der Waals surface area contributed by atoms with E-state index >= 15 is 0 Å². The zero-order chi connectivity index (χ0) is 15.0.